The number of nitrogens with one attached hydrogen (secondary N) is 2. The molecule has 28 heavy (non-hydrogen) atoms. The molecule has 0 saturated carbocycles. The summed E-state index contributed by atoms with van der Waals surface area (Å²) >= 11 is 0. The van der Waals surface area contributed by atoms with E-state index in [9.17, 15) is 22.8 Å². The van der Waals surface area contributed by atoms with Crippen LogP contribution in [0.15, 0.2) is 24.3 Å². The van der Waals surface area contributed by atoms with Gasteiger partial charge in [0, 0.05) is 18.8 Å². The number of Topliss-reactive ketones (excluding diaryl/α,β-unsaturated/α-hetero) is 1. The minimum Gasteiger partial charge on any atom is -0.348 e. The van der Waals surface area contributed by atoms with Gasteiger partial charge >= 0.3 is 6.18 Å². The highest BCUT2D eigenvalue weighted by atomic mass is 19.4. The Balaban J connectivity index is 1.94. The van der Waals surface area contributed by atoms with Crippen molar-refractivity contribution in [1.82, 2.24) is 25.9 Å². The van der Waals surface area contributed by atoms with Crippen LogP contribution in [0.4, 0.5) is 13.2 Å². The van der Waals surface area contributed by atoms with Crippen LogP contribution in [0, 0.1) is 11.8 Å². The largest absolute Gasteiger partial charge is 0.416 e. The van der Waals surface area contributed by atoms with Gasteiger partial charge in [-0.25, -0.2) is 0 Å². The van der Waals surface area contributed by atoms with Gasteiger partial charge in [-0.3, -0.25) is 9.59 Å². The van der Waals surface area contributed by atoms with Gasteiger partial charge in [0.15, 0.2) is 5.82 Å². The highest BCUT2D eigenvalue weighted by molar-refractivity contribution is 5.87. The summed E-state index contributed by atoms with van der Waals surface area (Å²) < 4.78 is 37.8. The zero-order valence-corrected chi connectivity index (χ0v) is 15.6. The molecule has 0 saturated heterocycles. The Bertz CT molecular complexity index is 774. The first-order valence-corrected chi connectivity index (χ1v) is 8.83. The molecule has 0 aliphatic carbocycles. The molecule has 7 nitrogen and oxygen atoms in total. The van der Waals surface area contributed by atoms with Crippen LogP contribution in [-0.4, -0.2) is 32.3 Å². The van der Waals surface area contributed by atoms with Crippen molar-refractivity contribution >= 4 is 11.7 Å². The molecule has 1 aromatic heterocycles. The van der Waals surface area contributed by atoms with Gasteiger partial charge in [0.05, 0.1) is 12.1 Å². The number of aromatic nitrogens is 4. The summed E-state index contributed by atoms with van der Waals surface area (Å²) in [5.74, 6) is -0.513. The van der Waals surface area contributed by atoms with Crippen LogP contribution in [0.3, 0.4) is 0 Å². The van der Waals surface area contributed by atoms with E-state index in [2.05, 4.69) is 25.9 Å². The molecular formula is C18H22F3N5O2. The average Bonchev–Trinajstić information content (AvgIpc) is 3.12. The molecule has 0 bridgehead atoms. The highest BCUT2D eigenvalue weighted by Gasteiger charge is 2.30. The van der Waals surface area contributed by atoms with Crippen molar-refractivity contribution in [1.29, 1.82) is 0 Å². The smallest absolute Gasteiger partial charge is 0.348 e. The van der Waals surface area contributed by atoms with Crippen molar-refractivity contribution in [2.45, 2.75) is 45.8 Å². The zero-order chi connectivity index (χ0) is 20.7. The summed E-state index contributed by atoms with van der Waals surface area (Å²) in [7, 11) is 0. The van der Waals surface area contributed by atoms with Gasteiger partial charge in [0.25, 0.3) is 0 Å². The molecule has 2 N–H and O–H groups in total. The summed E-state index contributed by atoms with van der Waals surface area (Å²) in [5, 5.41) is 15.8. The molecule has 0 radical (unpaired) electrons. The van der Waals surface area contributed by atoms with Crippen molar-refractivity contribution in [3.05, 3.63) is 41.2 Å². The number of H-pyrrole nitrogens is 1. The predicted molar refractivity (Wildman–Crippen MR) is 93.7 cm³/mol. The number of carbonyl (C=O) groups excluding carboxylic acids is 2. The molecule has 1 aromatic carbocycles. The fraction of sp³-hybridized carbons (Fsp3) is 0.500. The molecule has 2 aromatic rings. The van der Waals surface area contributed by atoms with E-state index in [0.717, 1.165) is 12.1 Å². The van der Waals surface area contributed by atoms with Crippen LogP contribution in [0.5, 0.6) is 0 Å². The molecule has 1 atom stereocenters. The van der Waals surface area contributed by atoms with Crippen molar-refractivity contribution in [2.75, 3.05) is 0 Å². The van der Waals surface area contributed by atoms with Crippen LogP contribution < -0.4 is 5.32 Å². The molecule has 0 unspecified atom stereocenters. The summed E-state index contributed by atoms with van der Waals surface area (Å²) in [6.07, 6.45) is -3.92. The second kappa shape index (κ2) is 9.43. The van der Waals surface area contributed by atoms with Crippen LogP contribution in [0.1, 0.15) is 43.6 Å². The Morgan fingerprint density at radius 2 is 1.86 bits per heavy atom. The number of nitrogens with zero attached hydrogens (tertiary/aromatic N) is 3. The van der Waals surface area contributed by atoms with Gasteiger partial charge in [0.1, 0.15) is 5.78 Å². The molecule has 0 aliphatic rings. The van der Waals surface area contributed by atoms with E-state index in [1.807, 2.05) is 13.8 Å². The van der Waals surface area contributed by atoms with E-state index in [0.29, 0.717) is 17.8 Å². The van der Waals surface area contributed by atoms with Gasteiger partial charge < -0.3 is 5.32 Å². The van der Waals surface area contributed by atoms with Gasteiger partial charge in [-0.05, 0) is 30.0 Å². The van der Waals surface area contributed by atoms with Gasteiger partial charge in [0.2, 0.25) is 5.91 Å². The summed E-state index contributed by atoms with van der Waals surface area (Å²) in [4.78, 5) is 24.8. The predicted octanol–water partition coefficient (Wildman–Crippen LogP) is 2.70. The fourth-order valence-electron chi connectivity index (χ4n) is 2.81. The minimum absolute atomic E-state index is 0.0112. The number of carbonyl (C=O) groups is 2. The second-order valence-electron chi connectivity index (χ2n) is 6.99. The fourth-order valence-corrected chi connectivity index (χ4v) is 2.81. The lowest BCUT2D eigenvalue weighted by Crippen LogP contribution is -2.33. The van der Waals surface area contributed by atoms with Crippen LogP contribution >= 0.6 is 0 Å². The van der Waals surface area contributed by atoms with Crippen LogP contribution in [0.2, 0.25) is 0 Å². The first-order valence-electron chi connectivity index (χ1n) is 8.83. The number of amides is 1. The molecule has 1 amide bonds. The lowest BCUT2D eigenvalue weighted by Gasteiger charge is -2.18. The van der Waals surface area contributed by atoms with Crippen LogP contribution in [0.25, 0.3) is 0 Å². The third-order valence-corrected chi connectivity index (χ3v) is 4.09. The van der Waals surface area contributed by atoms with Crippen molar-refractivity contribution in [2.24, 2.45) is 11.8 Å². The van der Waals surface area contributed by atoms with Crippen molar-refractivity contribution in [3.8, 4) is 0 Å². The first kappa shape index (κ1) is 21.5. The maximum absolute atomic E-state index is 12.6. The van der Waals surface area contributed by atoms with Gasteiger partial charge in [-0.15, -0.1) is 10.2 Å². The Hall–Kier alpha value is -2.78. The van der Waals surface area contributed by atoms with E-state index in [-0.39, 0.29) is 37.0 Å². The SMILES string of the molecule is CC(C)C[C@H](CC(=O)Cc1ccc(C(F)(F)F)cc1)C(=O)NCc1nn[nH]n1. The Labute approximate surface area is 160 Å². The number of hydrogen-bond acceptors (Lipinski definition) is 5. The molecule has 0 aliphatic heterocycles. The number of alkyl halides is 3. The number of aromatic amines is 1. The van der Waals surface area contributed by atoms with E-state index >= 15 is 0 Å². The number of hydrogen-bond donors (Lipinski definition) is 2. The molecule has 10 heteroatoms. The topological polar surface area (TPSA) is 101 Å². The first-order chi connectivity index (χ1) is 13.1. The monoisotopic (exact) mass is 397 g/mol. The molecule has 0 spiro atoms. The molecule has 0 fully saturated rings. The lowest BCUT2D eigenvalue weighted by atomic mass is 9.90. The third-order valence-electron chi connectivity index (χ3n) is 4.09. The van der Waals surface area contributed by atoms with Crippen molar-refractivity contribution < 1.29 is 22.8 Å². The highest BCUT2D eigenvalue weighted by Crippen LogP contribution is 2.29. The normalized spacial score (nSPS) is 12.8. The number of rotatable bonds is 9. The third kappa shape index (κ3) is 6.75. The lowest BCUT2D eigenvalue weighted by molar-refractivity contribution is -0.137. The van der Waals surface area contributed by atoms with E-state index < -0.39 is 17.7 Å². The molecular weight excluding hydrogens is 375 g/mol. The molecule has 2 rings (SSSR count). The van der Waals surface area contributed by atoms with Gasteiger partial charge in [-0.1, -0.05) is 31.2 Å². The number of benzene rings is 1. The number of ketones is 1. The molecule has 1 heterocycles. The Morgan fingerprint density at radius 3 is 2.39 bits per heavy atom. The standard InChI is InChI=1S/C18H22F3N5O2/c1-11(2)7-13(17(28)22-10-16-23-25-26-24-16)9-15(27)8-12-3-5-14(6-4-12)18(19,20)21/h3-6,11,13H,7-10H2,1-2H3,(H,22,28)(H,23,24,25,26)/t13-/m1/s1. The van der Waals surface area contributed by atoms with E-state index in [1.165, 1.54) is 12.1 Å². The zero-order valence-electron chi connectivity index (χ0n) is 15.6. The molecule has 152 valence electrons. The summed E-state index contributed by atoms with van der Waals surface area (Å²) in [6, 6.07) is 4.47. The van der Waals surface area contributed by atoms with E-state index in [4.69, 9.17) is 0 Å². The Kier molecular flexibility index (Phi) is 7.24. The number of tetrazole rings is 1. The maximum atomic E-state index is 12.6. The summed E-state index contributed by atoms with van der Waals surface area (Å²) in [6.45, 7) is 3.98. The second-order valence-corrected chi connectivity index (χ2v) is 6.99. The average molecular weight is 397 g/mol. The minimum atomic E-state index is -4.41. The summed E-state index contributed by atoms with van der Waals surface area (Å²) in [5.41, 5.74) is -0.282. The van der Waals surface area contributed by atoms with Crippen molar-refractivity contribution in [3.63, 3.8) is 0 Å². The Morgan fingerprint density at radius 1 is 1.18 bits per heavy atom. The van der Waals surface area contributed by atoms with Crippen LogP contribution in [-0.2, 0) is 28.7 Å². The quantitative estimate of drug-likeness (QED) is 0.678. The van der Waals surface area contributed by atoms with Gasteiger partial charge in [-0.2, -0.15) is 18.4 Å². The van der Waals surface area contributed by atoms with E-state index in [1.54, 1.807) is 0 Å². The maximum Gasteiger partial charge on any atom is 0.416 e. The number of halogens is 3.